The van der Waals surface area contributed by atoms with Crippen molar-refractivity contribution in [1.29, 1.82) is 0 Å². The van der Waals surface area contributed by atoms with E-state index >= 15 is 0 Å². The van der Waals surface area contributed by atoms with E-state index in [2.05, 4.69) is 28.6 Å². The summed E-state index contributed by atoms with van der Waals surface area (Å²) in [5.74, 6) is 0.0983. The Morgan fingerprint density at radius 2 is 2.10 bits per heavy atom. The number of hydrogen-bond acceptors (Lipinski definition) is 4. The molecular formula is C24H26N4O2. The lowest BCUT2D eigenvalue weighted by Crippen LogP contribution is -2.13. The molecule has 1 unspecified atom stereocenters. The number of carboxylic acids is 1. The fraction of sp³-hybridized carbons (Fsp3) is 0.292. The maximum Gasteiger partial charge on any atom is 0.304 e. The molecule has 2 N–H and O–H groups in total. The van der Waals surface area contributed by atoms with Crippen molar-refractivity contribution in [2.24, 2.45) is 0 Å². The van der Waals surface area contributed by atoms with Crippen LogP contribution in [0.5, 0.6) is 0 Å². The van der Waals surface area contributed by atoms with Gasteiger partial charge in [-0.25, -0.2) is 4.98 Å². The van der Waals surface area contributed by atoms with Crippen molar-refractivity contribution in [3.63, 3.8) is 0 Å². The largest absolute Gasteiger partial charge is 0.481 e. The minimum absolute atomic E-state index is 0.0765. The molecule has 3 aromatic rings. The predicted octanol–water partition coefficient (Wildman–Crippen LogP) is 4.15. The summed E-state index contributed by atoms with van der Waals surface area (Å²) in [4.78, 5) is 16.0. The van der Waals surface area contributed by atoms with Crippen molar-refractivity contribution in [2.45, 2.75) is 38.1 Å². The average Bonchev–Trinajstić information content (AvgIpc) is 3.21. The molecule has 6 heteroatoms. The number of rotatable bonds is 8. The summed E-state index contributed by atoms with van der Waals surface area (Å²) in [6.07, 6.45) is 11.0. The fourth-order valence-corrected chi connectivity index (χ4v) is 3.81. The summed E-state index contributed by atoms with van der Waals surface area (Å²) in [6.45, 7) is 1.52. The van der Waals surface area contributed by atoms with Gasteiger partial charge in [-0.15, -0.1) is 0 Å². The molecule has 0 radical (unpaired) electrons. The number of anilines is 1. The molecular weight excluding hydrogens is 376 g/mol. The zero-order valence-corrected chi connectivity index (χ0v) is 16.9. The van der Waals surface area contributed by atoms with Gasteiger partial charge < -0.3 is 10.4 Å². The maximum atomic E-state index is 11.3. The summed E-state index contributed by atoms with van der Waals surface area (Å²) in [6, 6.07) is 14.0. The van der Waals surface area contributed by atoms with Gasteiger partial charge in [-0.1, -0.05) is 48.6 Å². The van der Waals surface area contributed by atoms with Crippen molar-refractivity contribution >= 4 is 17.9 Å². The van der Waals surface area contributed by atoms with Gasteiger partial charge in [0.05, 0.1) is 12.6 Å². The first kappa shape index (κ1) is 19.9. The Bertz CT molecular complexity index is 1030. The lowest BCUT2D eigenvalue weighted by Gasteiger charge is -2.17. The summed E-state index contributed by atoms with van der Waals surface area (Å²) < 4.78 is 1.82. The first-order valence-electron chi connectivity index (χ1n) is 10.4. The quantitative estimate of drug-likeness (QED) is 0.592. The number of aryl methyl sites for hydroxylation is 1. The third-order valence-electron chi connectivity index (χ3n) is 5.34. The van der Waals surface area contributed by atoms with Gasteiger partial charge >= 0.3 is 5.97 Å². The van der Waals surface area contributed by atoms with Gasteiger partial charge in [-0.05, 0) is 30.0 Å². The molecule has 0 saturated heterocycles. The lowest BCUT2D eigenvalue weighted by molar-refractivity contribution is -0.137. The number of hydrogen-bond donors (Lipinski definition) is 2. The molecule has 1 aromatic carbocycles. The molecule has 0 amide bonds. The van der Waals surface area contributed by atoms with E-state index in [4.69, 9.17) is 4.98 Å². The standard InChI is InChI=1S/C24H26N4O2/c29-23(30)14-21(19-7-2-1-3-8-19)17-28-16-18(15-26-28)6-4-10-22-12-11-20-9-5-13-25-24(20)27-22/h1-4,6-8,11-12,15-16,21H,5,9-10,13-14,17H2,(H,25,27)(H,29,30)/b6-4-. The molecule has 30 heavy (non-hydrogen) atoms. The van der Waals surface area contributed by atoms with Crippen LogP contribution in [0, 0.1) is 0 Å². The van der Waals surface area contributed by atoms with Gasteiger partial charge in [0.15, 0.2) is 0 Å². The van der Waals surface area contributed by atoms with E-state index in [1.54, 1.807) is 6.20 Å². The Labute approximate surface area is 176 Å². The normalized spacial score (nSPS) is 14.3. The highest BCUT2D eigenvalue weighted by atomic mass is 16.4. The fourth-order valence-electron chi connectivity index (χ4n) is 3.81. The number of aliphatic carboxylic acids is 1. The third kappa shape index (κ3) is 5.14. The van der Waals surface area contributed by atoms with Crippen LogP contribution < -0.4 is 5.32 Å². The summed E-state index contributed by atoms with van der Waals surface area (Å²) in [7, 11) is 0. The topological polar surface area (TPSA) is 80.0 Å². The Morgan fingerprint density at radius 1 is 1.23 bits per heavy atom. The first-order valence-corrected chi connectivity index (χ1v) is 10.4. The number of pyridine rings is 1. The zero-order chi connectivity index (χ0) is 20.8. The van der Waals surface area contributed by atoms with Crippen molar-refractivity contribution in [3.8, 4) is 0 Å². The number of benzene rings is 1. The minimum atomic E-state index is -0.803. The molecule has 1 aliphatic heterocycles. The molecule has 0 bridgehead atoms. The van der Waals surface area contributed by atoms with E-state index in [1.807, 2.05) is 47.3 Å². The van der Waals surface area contributed by atoms with Gasteiger partial charge in [0, 0.05) is 42.9 Å². The molecule has 4 rings (SSSR count). The Hall–Kier alpha value is -3.41. The van der Waals surface area contributed by atoms with Crippen LogP contribution in [0.1, 0.15) is 41.1 Å². The van der Waals surface area contributed by atoms with Crippen LogP contribution in [-0.4, -0.2) is 32.4 Å². The molecule has 1 atom stereocenters. The second-order valence-electron chi connectivity index (χ2n) is 7.65. The van der Waals surface area contributed by atoms with Crippen molar-refractivity contribution < 1.29 is 9.90 Å². The summed E-state index contributed by atoms with van der Waals surface area (Å²) >= 11 is 0. The van der Waals surface area contributed by atoms with Gasteiger partial charge in [0.2, 0.25) is 0 Å². The van der Waals surface area contributed by atoms with E-state index in [1.165, 1.54) is 5.56 Å². The number of carbonyl (C=O) groups is 1. The number of nitrogens with one attached hydrogen (secondary N) is 1. The average molecular weight is 402 g/mol. The SMILES string of the molecule is O=C(O)CC(Cn1cc(/C=C\Cc2ccc3c(n2)NCCC3)cn1)c1ccccc1. The number of aromatic nitrogens is 3. The molecule has 0 aliphatic carbocycles. The molecule has 2 aromatic heterocycles. The van der Waals surface area contributed by atoms with Crippen LogP contribution in [0.15, 0.2) is 60.9 Å². The van der Waals surface area contributed by atoms with E-state index in [9.17, 15) is 9.90 Å². The van der Waals surface area contributed by atoms with Gasteiger partial charge in [0.25, 0.3) is 0 Å². The van der Waals surface area contributed by atoms with Gasteiger partial charge in [-0.3, -0.25) is 9.48 Å². The number of nitrogens with zero attached hydrogens (tertiary/aromatic N) is 3. The Morgan fingerprint density at radius 3 is 2.93 bits per heavy atom. The first-order chi connectivity index (χ1) is 14.7. The van der Waals surface area contributed by atoms with Crippen molar-refractivity contribution in [3.05, 3.63) is 83.3 Å². The molecule has 1 aliphatic rings. The van der Waals surface area contributed by atoms with Crippen LogP contribution in [0.4, 0.5) is 5.82 Å². The maximum absolute atomic E-state index is 11.3. The number of allylic oxidation sites excluding steroid dienone is 1. The van der Waals surface area contributed by atoms with E-state index in [-0.39, 0.29) is 12.3 Å². The van der Waals surface area contributed by atoms with Crippen LogP contribution in [-0.2, 0) is 24.2 Å². The van der Waals surface area contributed by atoms with Gasteiger partial charge in [0.1, 0.15) is 5.82 Å². The molecule has 0 spiro atoms. The minimum Gasteiger partial charge on any atom is -0.481 e. The predicted molar refractivity (Wildman–Crippen MR) is 117 cm³/mol. The molecule has 3 heterocycles. The van der Waals surface area contributed by atoms with E-state index < -0.39 is 5.97 Å². The van der Waals surface area contributed by atoms with Crippen LogP contribution in [0.3, 0.4) is 0 Å². The Kier molecular flexibility index (Phi) is 6.23. The van der Waals surface area contributed by atoms with Crippen LogP contribution in [0.2, 0.25) is 0 Å². The second kappa shape index (κ2) is 9.39. The van der Waals surface area contributed by atoms with Crippen LogP contribution >= 0.6 is 0 Å². The van der Waals surface area contributed by atoms with Crippen LogP contribution in [0.25, 0.3) is 6.08 Å². The Balaban J connectivity index is 1.39. The summed E-state index contributed by atoms with van der Waals surface area (Å²) in [5, 5.41) is 17.1. The highest BCUT2D eigenvalue weighted by molar-refractivity contribution is 5.68. The van der Waals surface area contributed by atoms with Crippen molar-refractivity contribution in [1.82, 2.24) is 14.8 Å². The second-order valence-corrected chi connectivity index (χ2v) is 7.65. The zero-order valence-electron chi connectivity index (χ0n) is 16.9. The van der Waals surface area contributed by atoms with Gasteiger partial charge in [-0.2, -0.15) is 5.10 Å². The molecule has 0 fully saturated rings. The monoisotopic (exact) mass is 402 g/mol. The lowest BCUT2D eigenvalue weighted by atomic mass is 9.96. The number of carboxylic acid groups (broad SMARTS) is 1. The molecule has 6 nitrogen and oxygen atoms in total. The number of fused-ring (bicyclic) bond motifs is 1. The third-order valence-corrected chi connectivity index (χ3v) is 5.34. The smallest absolute Gasteiger partial charge is 0.304 e. The van der Waals surface area contributed by atoms with E-state index in [0.717, 1.165) is 48.4 Å². The summed E-state index contributed by atoms with van der Waals surface area (Å²) in [5.41, 5.74) is 4.34. The van der Waals surface area contributed by atoms with E-state index in [0.29, 0.717) is 6.54 Å². The highest BCUT2D eigenvalue weighted by Crippen LogP contribution is 2.22. The molecule has 154 valence electrons. The molecule has 0 saturated carbocycles. The highest BCUT2D eigenvalue weighted by Gasteiger charge is 2.16. The van der Waals surface area contributed by atoms with Crippen molar-refractivity contribution in [2.75, 3.05) is 11.9 Å².